The number of nitrogens with one attached hydrogen (secondary N) is 1. The lowest BCUT2D eigenvalue weighted by molar-refractivity contribution is 0.280. The minimum absolute atomic E-state index is 0.130. The summed E-state index contributed by atoms with van der Waals surface area (Å²) in [5.41, 5.74) is 1.43. The normalized spacial score (nSPS) is 10.9. The van der Waals surface area contributed by atoms with E-state index in [-0.39, 0.29) is 22.8 Å². The molecule has 0 aliphatic rings. The SMILES string of the molecule is Cc1cc(F)cc(Nc2nc3ccccn3c(=O)c2CO)c1. The first-order chi connectivity index (χ1) is 10.6. The predicted octanol–water partition coefficient (Wildman–Crippen LogP) is 2.38. The van der Waals surface area contributed by atoms with E-state index in [2.05, 4.69) is 10.3 Å². The van der Waals surface area contributed by atoms with E-state index in [1.165, 1.54) is 16.5 Å². The Balaban J connectivity index is 2.15. The average molecular weight is 299 g/mol. The molecule has 2 heterocycles. The third kappa shape index (κ3) is 2.56. The second kappa shape index (κ2) is 5.57. The summed E-state index contributed by atoms with van der Waals surface area (Å²) < 4.78 is 14.8. The van der Waals surface area contributed by atoms with Crippen LogP contribution in [0.4, 0.5) is 15.9 Å². The van der Waals surface area contributed by atoms with Crippen molar-refractivity contribution >= 4 is 17.2 Å². The van der Waals surface area contributed by atoms with E-state index < -0.39 is 6.61 Å². The van der Waals surface area contributed by atoms with Gasteiger partial charge in [-0.25, -0.2) is 9.37 Å². The van der Waals surface area contributed by atoms with Gasteiger partial charge >= 0.3 is 0 Å². The van der Waals surface area contributed by atoms with Gasteiger partial charge < -0.3 is 10.4 Å². The number of rotatable bonds is 3. The van der Waals surface area contributed by atoms with Crippen molar-refractivity contribution in [2.24, 2.45) is 0 Å². The molecular weight excluding hydrogens is 285 g/mol. The van der Waals surface area contributed by atoms with Crippen molar-refractivity contribution in [3.05, 3.63) is 69.9 Å². The third-order valence-electron chi connectivity index (χ3n) is 3.29. The van der Waals surface area contributed by atoms with E-state index in [4.69, 9.17) is 0 Å². The van der Waals surface area contributed by atoms with Crippen LogP contribution in [0.2, 0.25) is 0 Å². The van der Waals surface area contributed by atoms with Crippen LogP contribution in [0.25, 0.3) is 5.65 Å². The maximum atomic E-state index is 13.5. The Morgan fingerprint density at radius 3 is 2.86 bits per heavy atom. The number of aromatic nitrogens is 2. The Hall–Kier alpha value is -2.73. The molecule has 2 aromatic heterocycles. The van der Waals surface area contributed by atoms with E-state index in [1.807, 2.05) is 0 Å². The third-order valence-corrected chi connectivity index (χ3v) is 3.29. The van der Waals surface area contributed by atoms with Crippen LogP contribution in [-0.2, 0) is 6.61 Å². The highest BCUT2D eigenvalue weighted by Crippen LogP contribution is 2.20. The van der Waals surface area contributed by atoms with E-state index in [1.54, 1.807) is 37.4 Å². The van der Waals surface area contributed by atoms with Crippen LogP contribution < -0.4 is 10.9 Å². The summed E-state index contributed by atoms with van der Waals surface area (Å²) in [4.78, 5) is 16.7. The minimum atomic E-state index is -0.458. The first kappa shape index (κ1) is 14.2. The zero-order chi connectivity index (χ0) is 15.7. The number of aryl methyl sites for hydroxylation is 1. The topological polar surface area (TPSA) is 66.6 Å². The molecule has 0 spiro atoms. The molecule has 0 amide bonds. The van der Waals surface area contributed by atoms with E-state index in [0.29, 0.717) is 11.3 Å². The fraction of sp³-hybridized carbons (Fsp3) is 0.125. The van der Waals surface area contributed by atoms with Gasteiger partial charge in [-0.2, -0.15) is 0 Å². The largest absolute Gasteiger partial charge is 0.391 e. The Labute approximate surface area is 125 Å². The Morgan fingerprint density at radius 1 is 1.32 bits per heavy atom. The van der Waals surface area contributed by atoms with Crippen molar-refractivity contribution < 1.29 is 9.50 Å². The van der Waals surface area contributed by atoms with Crippen molar-refractivity contribution in [1.82, 2.24) is 9.38 Å². The van der Waals surface area contributed by atoms with Crippen molar-refractivity contribution in [1.29, 1.82) is 0 Å². The number of benzene rings is 1. The molecule has 112 valence electrons. The van der Waals surface area contributed by atoms with Crippen LogP contribution in [0.3, 0.4) is 0 Å². The summed E-state index contributed by atoms with van der Waals surface area (Å²) in [5, 5.41) is 12.4. The number of hydrogen-bond donors (Lipinski definition) is 2. The molecule has 0 aliphatic heterocycles. The second-order valence-corrected chi connectivity index (χ2v) is 4.97. The van der Waals surface area contributed by atoms with Crippen LogP contribution in [-0.4, -0.2) is 14.5 Å². The molecule has 6 heteroatoms. The molecule has 0 aliphatic carbocycles. The molecule has 0 bridgehead atoms. The number of aliphatic hydroxyl groups excluding tert-OH is 1. The molecule has 3 aromatic rings. The smallest absolute Gasteiger partial charge is 0.265 e. The lowest BCUT2D eigenvalue weighted by Gasteiger charge is -2.12. The summed E-state index contributed by atoms with van der Waals surface area (Å²) >= 11 is 0. The van der Waals surface area contributed by atoms with Gasteiger partial charge in [-0.15, -0.1) is 0 Å². The van der Waals surface area contributed by atoms with Gasteiger partial charge in [-0.05, 0) is 42.8 Å². The highest BCUT2D eigenvalue weighted by Gasteiger charge is 2.12. The molecule has 0 saturated carbocycles. The summed E-state index contributed by atoms with van der Waals surface area (Å²) in [6.45, 7) is 1.31. The highest BCUT2D eigenvalue weighted by molar-refractivity contribution is 5.62. The summed E-state index contributed by atoms with van der Waals surface area (Å²) in [6, 6.07) is 9.60. The monoisotopic (exact) mass is 299 g/mol. The van der Waals surface area contributed by atoms with Crippen LogP contribution in [0.1, 0.15) is 11.1 Å². The number of nitrogens with zero attached hydrogens (tertiary/aromatic N) is 2. The van der Waals surface area contributed by atoms with Crippen LogP contribution >= 0.6 is 0 Å². The number of anilines is 2. The number of fused-ring (bicyclic) bond motifs is 1. The Morgan fingerprint density at radius 2 is 2.14 bits per heavy atom. The number of halogens is 1. The lowest BCUT2D eigenvalue weighted by atomic mass is 10.2. The molecule has 0 unspecified atom stereocenters. The predicted molar refractivity (Wildman–Crippen MR) is 81.8 cm³/mol. The molecule has 0 atom stereocenters. The molecule has 5 nitrogen and oxygen atoms in total. The Bertz CT molecular complexity index is 885. The van der Waals surface area contributed by atoms with Gasteiger partial charge in [-0.3, -0.25) is 9.20 Å². The van der Waals surface area contributed by atoms with Crippen LogP contribution in [0.15, 0.2) is 47.4 Å². The van der Waals surface area contributed by atoms with E-state index in [9.17, 15) is 14.3 Å². The molecular formula is C16H14FN3O2. The summed E-state index contributed by atoms with van der Waals surface area (Å²) in [7, 11) is 0. The number of aliphatic hydroxyl groups is 1. The maximum Gasteiger partial charge on any atom is 0.265 e. The van der Waals surface area contributed by atoms with Crippen LogP contribution in [0.5, 0.6) is 0 Å². The zero-order valence-corrected chi connectivity index (χ0v) is 11.9. The maximum absolute atomic E-state index is 13.5. The highest BCUT2D eigenvalue weighted by atomic mass is 19.1. The van der Waals surface area contributed by atoms with Crippen LogP contribution in [0, 0.1) is 12.7 Å². The molecule has 3 rings (SSSR count). The molecule has 0 fully saturated rings. The quantitative estimate of drug-likeness (QED) is 0.779. The van der Waals surface area contributed by atoms with Gasteiger partial charge in [0.1, 0.15) is 17.3 Å². The summed E-state index contributed by atoms with van der Waals surface area (Å²) in [5.74, 6) is -0.158. The van der Waals surface area contributed by atoms with Gasteiger partial charge in [0.2, 0.25) is 0 Å². The van der Waals surface area contributed by atoms with Gasteiger partial charge in [0.05, 0.1) is 12.2 Å². The lowest BCUT2D eigenvalue weighted by Crippen LogP contribution is -2.21. The minimum Gasteiger partial charge on any atom is -0.391 e. The van der Waals surface area contributed by atoms with Crippen molar-refractivity contribution in [2.75, 3.05) is 5.32 Å². The Kier molecular flexibility index (Phi) is 3.60. The van der Waals surface area contributed by atoms with Crippen molar-refractivity contribution in [3.63, 3.8) is 0 Å². The summed E-state index contributed by atoms with van der Waals surface area (Å²) in [6.07, 6.45) is 1.58. The molecule has 22 heavy (non-hydrogen) atoms. The number of hydrogen-bond acceptors (Lipinski definition) is 4. The van der Waals surface area contributed by atoms with Gasteiger partial charge in [-0.1, -0.05) is 6.07 Å². The first-order valence-electron chi connectivity index (χ1n) is 6.74. The molecule has 0 radical (unpaired) electrons. The first-order valence-corrected chi connectivity index (χ1v) is 6.74. The van der Waals surface area contributed by atoms with E-state index >= 15 is 0 Å². The molecule has 0 saturated heterocycles. The zero-order valence-electron chi connectivity index (χ0n) is 11.9. The van der Waals surface area contributed by atoms with Gasteiger partial charge in [0.25, 0.3) is 5.56 Å². The second-order valence-electron chi connectivity index (χ2n) is 4.97. The van der Waals surface area contributed by atoms with Crippen molar-refractivity contribution in [2.45, 2.75) is 13.5 Å². The fourth-order valence-electron chi connectivity index (χ4n) is 2.32. The average Bonchev–Trinajstić information content (AvgIpc) is 2.46. The molecule has 1 aromatic carbocycles. The van der Waals surface area contributed by atoms with Gasteiger partial charge in [0, 0.05) is 11.9 Å². The fourth-order valence-corrected chi connectivity index (χ4v) is 2.32. The van der Waals surface area contributed by atoms with Gasteiger partial charge in [0.15, 0.2) is 0 Å². The standard InChI is InChI=1S/C16H14FN3O2/c1-10-6-11(17)8-12(7-10)18-15-13(9-21)16(22)20-5-3-2-4-14(20)19-15/h2-8,18,21H,9H2,1H3. The number of pyridine rings is 1. The van der Waals surface area contributed by atoms with Crippen molar-refractivity contribution in [3.8, 4) is 0 Å². The molecule has 2 N–H and O–H groups in total. The van der Waals surface area contributed by atoms with E-state index in [0.717, 1.165) is 5.56 Å².